The Kier molecular flexibility index (Phi) is 3.16. The van der Waals surface area contributed by atoms with Crippen LogP contribution in [0, 0.1) is 13.8 Å². The predicted octanol–water partition coefficient (Wildman–Crippen LogP) is 4.25. The molecule has 1 heterocycles. The van der Waals surface area contributed by atoms with E-state index in [0.717, 1.165) is 6.54 Å². The largest absolute Gasteiger partial charge is 0.305 e. The van der Waals surface area contributed by atoms with Crippen molar-refractivity contribution in [2.45, 2.75) is 39.3 Å². The van der Waals surface area contributed by atoms with Gasteiger partial charge in [0.2, 0.25) is 0 Å². The van der Waals surface area contributed by atoms with E-state index in [1.807, 2.05) is 0 Å². The highest BCUT2D eigenvalue weighted by molar-refractivity contribution is 5.43. The zero-order chi connectivity index (χ0) is 13.4. The summed E-state index contributed by atoms with van der Waals surface area (Å²) in [5.41, 5.74) is 7.19. The Labute approximate surface area is 115 Å². The minimum atomic E-state index is 0.426. The average Bonchev–Trinajstić information content (AvgIpc) is 2.41. The van der Waals surface area contributed by atoms with Crippen molar-refractivity contribution >= 4 is 0 Å². The standard InChI is InChI=1S/C18H21N/c1-12-9-13(2)17-11-19-18(14(3)16(17)10-12)15-7-5-4-6-8-15/h4-10,14,18-19H,11H2,1-3H3. The van der Waals surface area contributed by atoms with Crippen LogP contribution in [-0.2, 0) is 6.54 Å². The predicted molar refractivity (Wildman–Crippen MR) is 80.4 cm³/mol. The molecule has 0 radical (unpaired) electrons. The van der Waals surface area contributed by atoms with Crippen LogP contribution in [0.1, 0.15) is 46.7 Å². The van der Waals surface area contributed by atoms with E-state index in [0.29, 0.717) is 12.0 Å². The normalized spacial score (nSPS) is 22.1. The summed E-state index contributed by atoms with van der Waals surface area (Å²) >= 11 is 0. The fourth-order valence-corrected chi connectivity index (χ4v) is 3.31. The SMILES string of the molecule is Cc1cc(C)c2c(c1)C(C)C(c1ccccc1)NC2. The second-order valence-electron chi connectivity index (χ2n) is 5.71. The summed E-state index contributed by atoms with van der Waals surface area (Å²) < 4.78 is 0. The third-order valence-electron chi connectivity index (χ3n) is 4.30. The number of fused-ring (bicyclic) bond motifs is 1. The van der Waals surface area contributed by atoms with E-state index in [2.05, 4.69) is 68.6 Å². The molecule has 0 aromatic heterocycles. The van der Waals surface area contributed by atoms with Crippen LogP contribution in [0.15, 0.2) is 42.5 Å². The van der Waals surface area contributed by atoms with Crippen molar-refractivity contribution in [3.63, 3.8) is 0 Å². The Balaban J connectivity index is 2.03. The van der Waals surface area contributed by atoms with Gasteiger partial charge in [0.25, 0.3) is 0 Å². The molecule has 2 aromatic carbocycles. The van der Waals surface area contributed by atoms with Crippen molar-refractivity contribution in [1.82, 2.24) is 5.32 Å². The molecule has 2 aromatic rings. The van der Waals surface area contributed by atoms with Gasteiger partial charge in [0, 0.05) is 18.5 Å². The van der Waals surface area contributed by atoms with E-state index in [9.17, 15) is 0 Å². The number of nitrogens with one attached hydrogen (secondary N) is 1. The summed E-state index contributed by atoms with van der Waals surface area (Å²) in [7, 11) is 0. The third kappa shape index (κ3) is 2.19. The fraction of sp³-hybridized carbons (Fsp3) is 0.333. The van der Waals surface area contributed by atoms with Gasteiger partial charge in [0.05, 0.1) is 0 Å². The van der Waals surface area contributed by atoms with E-state index in [1.165, 1.54) is 27.8 Å². The smallest absolute Gasteiger partial charge is 0.0389 e. The highest BCUT2D eigenvalue weighted by Crippen LogP contribution is 2.38. The molecule has 3 rings (SSSR count). The van der Waals surface area contributed by atoms with Gasteiger partial charge in [-0.05, 0) is 36.1 Å². The first kappa shape index (κ1) is 12.4. The Morgan fingerprint density at radius 1 is 1.05 bits per heavy atom. The van der Waals surface area contributed by atoms with Crippen molar-refractivity contribution < 1.29 is 0 Å². The van der Waals surface area contributed by atoms with Gasteiger partial charge in [0.1, 0.15) is 0 Å². The number of hydrogen-bond donors (Lipinski definition) is 1. The molecule has 19 heavy (non-hydrogen) atoms. The van der Waals surface area contributed by atoms with Crippen LogP contribution < -0.4 is 5.32 Å². The highest BCUT2D eigenvalue weighted by atomic mass is 14.9. The molecule has 1 aliphatic heterocycles. The molecule has 0 saturated heterocycles. The van der Waals surface area contributed by atoms with Gasteiger partial charge in [-0.2, -0.15) is 0 Å². The van der Waals surface area contributed by atoms with Crippen molar-refractivity contribution in [3.8, 4) is 0 Å². The van der Waals surface area contributed by atoms with Crippen LogP contribution in [0.5, 0.6) is 0 Å². The van der Waals surface area contributed by atoms with Crippen LogP contribution in [0.3, 0.4) is 0 Å². The van der Waals surface area contributed by atoms with Crippen molar-refractivity contribution in [3.05, 3.63) is 70.3 Å². The van der Waals surface area contributed by atoms with Crippen LogP contribution >= 0.6 is 0 Å². The highest BCUT2D eigenvalue weighted by Gasteiger charge is 2.27. The average molecular weight is 251 g/mol. The molecule has 0 fully saturated rings. The number of rotatable bonds is 1. The van der Waals surface area contributed by atoms with Crippen LogP contribution in [-0.4, -0.2) is 0 Å². The molecule has 98 valence electrons. The summed E-state index contributed by atoms with van der Waals surface area (Å²) in [5.74, 6) is 0.518. The lowest BCUT2D eigenvalue weighted by atomic mass is 9.81. The number of benzene rings is 2. The minimum absolute atomic E-state index is 0.426. The summed E-state index contributed by atoms with van der Waals surface area (Å²) in [5, 5.41) is 3.70. The van der Waals surface area contributed by atoms with Crippen LogP contribution in [0.25, 0.3) is 0 Å². The van der Waals surface area contributed by atoms with Gasteiger partial charge in [-0.15, -0.1) is 0 Å². The molecule has 1 nitrogen and oxygen atoms in total. The van der Waals surface area contributed by atoms with Crippen molar-refractivity contribution in [1.29, 1.82) is 0 Å². The first-order valence-corrected chi connectivity index (χ1v) is 7.05. The lowest BCUT2D eigenvalue weighted by Gasteiger charge is -2.34. The topological polar surface area (TPSA) is 12.0 Å². The van der Waals surface area contributed by atoms with E-state index >= 15 is 0 Å². The van der Waals surface area contributed by atoms with Crippen LogP contribution in [0.4, 0.5) is 0 Å². The van der Waals surface area contributed by atoms with Gasteiger partial charge < -0.3 is 5.32 Å². The zero-order valence-corrected chi connectivity index (χ0v) is 11.9. The quantitative estimate of drug-likeness (QED) is 0.799. The Bertz CT molecular complexity index is 586. The fourth-order valence-electron chi connectivity index (χ4n) is 3.31. The molecule has 0 amide bonds. The molecule has 1 N–H and O–H groups in total. The summed E-state index contributed by atoms with van der Waals surface area (Å²) in [6.07, 6.45) is 0. The third-order valence-corrected chi connectivity index (χ3v) is 4.30. The molecule has 2 unspecified atom stereocenters. The number of hydrogen-bond acceptors (Lipinski definition) is 1. The Morgan fingerprint density at radius 2 is 1.79 bits per heavy atom. The molecule has 0 saturated carbocycles. The molecule has 0 spiro atoms. The summed E-state index contributed by atoms with van der Waals surface area (Å²) in [4.78, 5) is 0. The van der Waals surface area contributed by atoms with Gasteiger partial charge >= 0.3 is 0 Å². The maximum Gasteiger partial charge on any atom is 0.0389 e. The first-order valence-electron chi connectivity index (χ1n) is 7.05. The minimum Gasteiger partial charge on any atom is -0.305 e. The van der Waals surface area contributed by atoms with E-state index < -0.39 is 0 Å². The molecule has 0 aliphatic carbocycles. The van der Waals surface area contributed by atoms with Gasteiger partial charge in [0.15, 0.2) is 0 Å². The van der Waals surface area contributed by atoms with E-state index in [4.69, 9.17) is 0 Å². The Morgan fingerprint density at radius 3 is 2.53 bits per heavy atom. The first-order chi connectivity index (χ1) is 9.16. The maximum absolute atomic E-state index is 3.70. The van der Waals surface area contributed by atoms with Crippen molar-refractivity contribution in [2.75, 3.05) is 0 Å². The lowest BCUT2D eigenvalue weighted by molar-refractivity contribution is 0.432. The molecule has 0 bridgehead atoms. The summed E-state index contributed by atoms with van der Waals surface area (Å²) in [6, 6.07) is 15.9. The second-order valence-corrected chi connectivity index (χ2v) is 5.71. The van der Waals surface area contributed by atoms with Gasteiger partial charge in [-0.25, -0.2) is 0 Å². The molecule has 1 aliphatic rings. The zero-order valence-electron chi connectivity index (χ0n) is 11.9. The molecule has 2 atom stereocenters. The summed E-state index contributed by atoms with van der Waals surface area (Å²) in [6.45, 7) is 7.73. The number of aryl methyl sites for hydroxylation is 2. The molecular formula is C18H21N. The van der Waals surface area contributed by atoms with Crippen molar-refractivity contribution in [2.24, 2.45) is 0 Å². The van der Waals surface area contributed by atoms with Crippen LogP contribution in [0.2, 0.25) is 0 Å². The van der Waals surface area contributed by atoms with Gasteiger partial charge in [-0.3, -0.25) is 0 Å². The monoisotopic (exact) mass is 251 g/mol. The second kappa shape index (κ2) is 4.82. The van der Waals surface area contributed by atoms with Gasteiger partial charge in [-0.1, -0.05) is 55.0 Å². The Hall–Kier alpha value is -1.60. The van der Waals surface area contributed by atoms with E-state index in [-0.39, 0.29) is 0 Å². The van der Waals surface area contributed by atoms with E-state index in [1.54, 1.807) is 0 Å². The molecule has 1 heteroatoms. The molecular weight excluding hydrogens is 230 g/mol. The maximum atomic E-state index is 3.70. The lowest BCUT2D eigenvalue weighted by Crippen LogP contribution is -2.31.